The van der Waals surface area contributed by atoms with E-state index in [4.69, 9.17) is 5.73 Å². The third kappa shape index (κ3) is 2.64. The second-order valence-electron chi connectivity index (χ2n) is 5.89. The van der Waals surface area contributed by atoms with Crippen LogP contribution in [0.15, 0.2) is 48.5 Å². The summed E-state index contributed by atoms with van der Waals surface area (Å²) in [6.07, 6.45) is 2.25. The van der Waals surface area contributed by atoms with Crippen LogP contribution in [0.1, 0.15) is 23.1 Å². The van der Waals surface area contributed by atoms with Gasteiger partial charge in [-0.1, -0.05) is 36.4 Å². The molecule has 2 aromatic carbocycles. The van der Waals surface area contributed by atoms with E-state index in [1.54, 1.807) is 0 Å². The molecule has 0 heterocycles. The lowest BCUT2D eigenvalue weighted by atomic mass is 9.77. The fourth-order valence-electron chi connectivity index (χ4n) is 3.11. The third-order valence-corrected chi connectivity index (χ3v) is 4.31. The molecule has 1 amide bonds. The van der Waals surface area contributed by atoms with Crippen molar-refractivity contribution < 1.29 is 4.79 Å². The van der Waals surface area contributed by atoms with Gasteiger partial charge >= 0.3 is 0 Å². The molecule has 0 fully saturated rings. The van der Waals surface area contributed by atoms with Gasteiger partial charge in [-0.25, -0.2) is 0 Å². The summed E-state index contributed by atoms with van der Waals surface area (Å²) >= 11 is 0. The summed E-state index contributed by atoms with van der Waals surface area (Å²) in [7, 11) is 0. The summed E-state index contributed by atoms with van der Waals surface area (Å²) in [6, 6.07) is 16.3. The Labute approximate surface area is 125 Å². The van der Waals surface area contributed by atoms with E-state index < -0.39 is 5.54 Å². The molecule has 1 aliphatic rings. The molecule has 0 spiro atoms. The highest BCUT2D eigenvalue weighted by molar-refractivity contribution is 5.89. The van der Waals surface area contributed by atoms with Crippen molar-refractivity contribution >= 4 is 11.6 Å². The molecule has 1 aliphatic carbocycles. The number of hydrogen-bond acceptors (Lipinski definition) is 2. The minimum Gasteiger partial charge on any atom is -0.371 e. The second kappa shape index (κ2) is 5.24. The zero-order valence-electron chi connectivity index (χ0n) is 12.2. The lowest BCUT2D eigenvalue weighted by Gasteiger charge is -2.37. The number of fused-ring (bicyclic) bond motifs is 1. The van der Waals surface area contributed by atoms with E-state index in [0.29, 0.717) is 6.42 Å². The predicted molar refractivity (Wildman–Crippen MR) is 85.2 cm³/mol. The Hall–Kier alpha value is -2.29. The first-order valence-electron chi connectivity index (χ1n) is 7.31. The minimum atomic E-state index is -0.692. The first kappa shape index (κ1) is 13.7. The van der Waals surface area contributed by atoms with Crippen LogP contribution in [0, 0.1) is 6.92 Å². The van der Waals surface area contributed by atoms with Crippen LogP contribution >= 0.6 is 0 Å². The SMILES string of the molecule is Cc1cccc(NC2(C(N)=O)CCc3ccccc3C2)c1. The van der Waals surface area contributed by atoms with Gasteiger partial charge in [-0.2, -0.15) is 0 Å². The fourth-order valence-corrected chi connectivity index (χ4v) is 3.11. The Morgan fingerprint density at radius 2 is 1.90 bits per heavy atom. The van der Waals surface area contributed by atoms with Gasteiger partial charge in [-0.15, -0.1) is 0 Å². The van der Waals surface area contributed by atoms with Gasteiger partial charge in [0.05, 0.1) is 0 Å². The van der Waals surface area contributed by atoms with Crippen molar-refractivity contribution in [2.24, 2.45) is 5.73 Å². The zero-order chi connectivity index (χ0) is 14.9. The van der Waals surface area contributed by atoms with Gasteiger partial charge in [0.25, 0.3) is 0 Å². The molecule has 0 saturated heterocycles. The molecule has 108 valence electrons. The standard InChI is InChI=1S/C18H20N2O/c1-13-5-4-8-16(11-13)20-18(17(19)21)10-9-14-6-2-3-7-15(14)12-18/h2-8,11,20H,9-10,12H2,1H3,(H2,19,21). The monoisotopic (exact) mass is 280 g/mol. The lowest BCUT2D eigenvalue weighted by Crippen LogP contribution is -2.54. The molecule has 1 atom stereocenters. The smallest absolute Gasteiger partial charge is 0.243 e. The number of carbonyl (C=O) groups excluding carboxylic acids is 1. The Bertz CT molecular complexity index is 680. The first-order valence-corrected chi connectivity index (χ1v) is 7.31. The van der Waals surface area contributed by atoms with E-state index in [1.165, 1.54) is 11.1 Å². The number of hydrogen-bond donors (Lipinski definition) is 2. The van der Waals surface area contributed by atoms with Gasteiger partial charge in [-0.05, 0) is 48.6 Å². The number of nitrogens with two attached hydrogens (primary N) is 1. The molecule has 1 unspecified atom stereocenters. The second-order valence-corrected chi connectivity index (χ2v) is 5.89. The number of primary amides is 1. The molecule has 0 aliphatic heterocycles. The molecular formula is C18H20N2O. The van der Waals surface area contributed by atoms with Crippen LogP contribution in [0.2, 0.25) is 0 Å². The molecule has 0 radical (unpaired) electrons. The summed E-state index contributed by atoms with van der Waals surface area (Å²) in [5.41, 5.74) is 9.70. The quantitative estimate of drug-likeness (QED) is 0.908. The van der Waals surface area contributed by atoms with E-state index in [1.807, 2.05) is 43.3 Å². The summed E-state index contributed by atoms with van der Waals surface area (Å²) < 4.78 is 0. The predicted octanol–water partition coefficient (Wildman–Crippen LogP) is 2.82. The topological polar surface area (TPSA) is 55.1 Å². The van der Waals surface area contributed by atoms with Crippen LogP contribution in [0.25, 0.3) is 0 Å². The number of anilines is 1. The van der Waals surface area contributed by atoms with E-state index in [0.717, 1.165) is 24.1 Å². The van der Waals surface area contributed by atoms with Crippen molar-refractivity contribution in [1.82, 2.24) is 0 Å². The van der Waals surface area contributed by atoms with Crippen LogP contribution < -0.4 is 11.1 Å². The molecule has 3 heteroatoms. The van der Waals surface area contributed by atoms with Crippen molar-refractivity contribution in [1.29, 1.82) is 0 Å². The summed E-state index contributed by atoms with van der Waals surface area (Å²) in [4.78, 5) is 12.1. The van der Waals surface area contributed by atoms with Gasteiger partial charge in [0.15, 0.2) is 0 Å². The highest BCUT2D eigenvalue weighted by atomic mass is 16.1. The van der Waals surface area contributed by atoms with Gasteiger partial charge < -0.3 is 11.1 Å². The maximum absolute atomic E-state index is 12.1. The molecule has 0 aromatic heterocycles. The van der Waals surface area contributed by atoms with Crippen LogP contribution in [-0.4, -0.2) is 11.4 Å². The Kier molecular flexibility index (Phi) is 3.42. The Balaban J connectivity index is 1.93. The van der Waals surface area contributed by atoms with Crippen LogP contribution in [-0.2, 0) is 17.6 Å². The molecule has 3 N–H and O–H groups in total. The summed E-state index contributed by atoms with van der Waals surface area (Å²) in [6.45, 7) is 2.04. The molecular weight excluding hydrogens is 260 g/mol. The number of carbonyl (C=O) groups is 1. The molecule has 0 bridgehead atoms. The fraction of sp³-hybridized carbons (Fsp3) is 0.278. The molecule has 3 rings (SSSR count). The summed E-state index contributed by atoms with van der Waals surface area (Å²) in [5.74, 6) is -0.279. The minimum absolute atomic E-state index is 0.279. The highest BCUT2D eigenvalue weighted by Crippen LogP contribution is 2.31. The Morgan fingerprint density at radius 3 is 2.62 bits per heavy atom. The van der Waals surface area contributed by atoms with E-state index in [2.05, 4.69) is 17.4 Å². The van der Waals surface area contributed by atoms with Gasteiger partial charge in [0.1, 0.15) is 5.54 Å². The number of amides is 1. The van der Waals surface area contributed by atoms with Crippen molar-refractivity contribution in [3.05, 3.63) is 65.2 Å². The third-order valence-electron chi connectivity index (χ3n) is 4.31. The average Bonchev–Trinajstić information content (AvgIpc) is 2.47. The number of rotatable bonds is 3. The van der Waals surface area contributed by atoms with E-state index >= 15 is 0 Å². The molecule has 0 saturated carbocycles. The Morgan fingerprint density at radius 1 is 1.14 bits per heavy atom. The number of nitrogens with one attached hydrogen (secondary N) is 1. The van der Waals surface area contributed by atoms with Gasteiger partial charge in [-0.3, -0.25) is 4.79 Å². The van der Waals surface area contributed by atoms with Crippen molar-refractivity contribution in [2.45, 2.75) is 31.7 Å². The normalized spacial score (nSPS) is 20.6. The highest BCUT2D eigenvalue weighted by Gasteiger charge is 2.39. The first-order chi connectivity index (χ1) is 10.1. The molecule has 2 aromatic rings. The average molecular weight is 280 g/mol. The van der Waals surface area contributed by atoms with Crippen LogP contribution in [0.4, 0.5) is 5.69 Å². The van der Waals surface area contributed by atoms with E-state index in [-0.39, 0.29) is 5.91 Å². The molecule has 21 heavy (non-hydrogen) atoms. The van der Waals surface area contributed by atoms with Crippen molar-refractivity contribution in [2.75, 3.05) is 5.32 Å². The van der Waals surface area contributed by atoms with Gasteiger partial charge in [0.2, 0.25) is 5.91 Å². The molecule has 3 nitrogen and oxygen atoms in total. The maximum Gasteiger partial charge on any atom is 0.243 e. The van der Waals surface area contributed by atoms with Crippen molar-refractivity contribution in [3.63, 3.8) is 0 Å². The number of aryl methyl sites for hydroxylation is 2. The van der Waals surface area contributed by atoms with E-state index in [9.17, 15) is 4.79 Å². The summed E-state index contributed by atoms with van der Waals surface area (Å²) in [5, 5.41) is 3.40. The lowest BCUT2D eigenvalue weighted by molar-refractivity contribution is -0.122. The van der Waals surface area contributed by atoms with Crippen LogP contribution in [0.3, 0.4) is 0 Å². The van der Waals surface area contributed by atoms with Crippen molar-refractivity contribution in [3.8, 4) is 0 Å². The maximum atomic E-state index is 12.1. The van der Waals surface area contributed by atoms with Gasteiger partial charge in [0, 0.05) is 12.1 Å². The number of benzene rings is 2. The largest absolute Gasteiger partial charge is 0.371 e. The van der Waals surface area contributed by atoms with Crippen LogP contribution in [0.5, 0.6) is 0 Å². The zero-order valence-corrected chi connectivity index (χ0v) is 12.2.